The molecule has 0 aromatic rings. The number of nitrogens with one attached hydrogen (secondary N) is 1. The summed E-state index contributed by atoms with van der Waals surface area (Å²) in [6.45, 7) is 4.34. The molecule has 2 atom stereocenters. The van der Waals surface area contributed by atoms with Gasteiger partial charge < -0.3 is 15.5 Å². The minimum absolute atomic E-state index is 0.0572. The standard InChI is InChI=1S/C55H109NO3/c1-3-5-7-9-11-13-15-17-19-20-21-22-23-24-25-26-27-28-29-30-31-32-33-34-35-36-37-39-41-43-45-47-49-51-55(59)56-53(52-57)54(58)50-48-46-44-42-40-38-18-16-14-12-10-8-6-4-2/h48,50,53-54,57-58H,3-47,49,51-52H2,1-2H3,(H,56,59)/b50-48+/t53-,54+/m0/s1. The molecule has 0 aliphatic carbocycles. The number of unbranched alkanes of at least 4 members (excludes halogenated alkanes) is 44. The third-order valence-corrected chi connectivity index (χ3v) is 13.0. The summed E-state index contributed by atoms with van der Waals surface area (Å²) in [5.41, 5.74) is 0. The van der Waals surface area contributed by atoms with Crippen LogP contribution in [0, 0.1) is 0 Å². The fourth-order valence-electron chi connectivity index (χ4n) is 8.83. The second-order valence-electron chi connectivity index (χ2n) is 19.0. The van der Waals surface area contributed by atoms with Gasteiger partial charge >= 0.3 is 0 Å². The normalized spacial score (nSPS) is 12.8. The van der Waals surface area contributed by atoms with E-state index in [0.29, 0.717) is 6.42 Å². The summed E-state index contributed by atoms with van der Waals surface area (Å²) in [4.78, 5) is 12.4. The molecule has 0 aliphatic heterocycles. The highest BCUT2D eigenvalue weighted by Crippen LogP contribution is 2.18. The third-order valence-electron chi connectivity index (χ3n) is 13.0. The number of hydrogen-bond donors (Lipinski definition) is 3. The average Bonchev–Trinajstić information content (AvgIpc) is 3.24. The van der Waals surface area contributed by atoms with Gasteiger partial charge in [-0.25, -0.2) is 0 Å². The zero-order chi connectivity index (χ0) is 42.8. The molecule has 0 saturated carbocycles. The number of carbonyl (C=O) groups excluding carboxylic acids is 1. The van der Waals surface area contributed by atoms with Crippen LogP contribution in [0.1, 0.15) is 316 Å². The van der Waals surface area contributed by atoms with Gasteiger partial charge in [0.15, 0.2) is 0 Å². The van der Waals surface area contributed by atoms with E-state index in [-0.39, 0.29) is 12.5 Å². The number of carbonyl (C=O) groups is 1. The van der Waals surface area contributed by atoms with Crippen molar-refractivity contribution in [3.05, 3.63) is 12.2 Å². The van der Waals surface area contributed by atoms with E-state index in [1.165, 1.54) is 270 Å². The Kier molecular flexibility index (Phi) is 50.7. The Morgan fingerprint density at radius 2 is 0.627 bits per heavy atom. The first kappa shape index (κ1) is 58.1. The first-order valence-corrected chi connectivity index (χ1v) is 27.4. The molecule has 0 fully saturated rings. The van der Waals surface area contributed by atoms with Gasteiger partial charge in [0, 0.05) is 6.42 Å². The molecule has 352 valence electrons. The van der Waals surface area contributed by atoms with E-state index in [9.17, 15) is 15.0 Å². The van der Waals surface area contributed by atoms with Crippen LogP contribution in [0.3, 0.4) is 0 Å². The molecule has 0 spiro atoms. The van der Waals surface area contributed by atoms with Crippen molar-refractivity contribution in [3.63, 3.8) is 0 Å². The van der Waals surface area contributed by atoms with E-state index >= 15 is 0 Å². The van der Waals surface area contributed by atoms with Crippen molar-refractivity contribution in [2.75, 3.05) is 6.61 Å². The first-order valence-electron chi connectivity index (χ1n) is 27.4. The lowest BCUT2D eigenvalue weighted by Crippen LogP contribution is -2.45. The summed E-state index contributed by atoms with van der Waals surface area (Å²) in [7, 11) is 0. The fraction of sp³-hybridized carbons (Fsp3) is 0.945. The molecule has 1 amide bonds. The lowest BCUT2D eigenvalue weighted by Gasteiger charge is -2.20. The lowest BCUT2D eigenvalue weighted by atomic mass is 10.0. The van der Waals surface area contributed by atoms with Crippen LogP contribution in [0.5, 0.6) is 0 Å². The smallest absolute Gasteiger partial charge is 0.220 e. The van der Waals surface area contributed by atoms with Crippen molar-refractivity contribution in [1.29, 1.82) is 0 Å². The van der Waals surface area contributed by atoms with E-state index in [1.807, 2.05) is 6.08 Å². The van der Waals surface area contributed by atoms with Gasteiger partial charge in [0.1, 0.15) is 0 Å². The highest BCUT2D eigenvalue weighted by atomic mass is 16.3. The van der Waals surface area contributed by atoms with Gasteiger partial charge in [-0.15, -0.1) is 0 Å². The van der Waals surface area contributed by atoms with Gasteiger partial charge in [-0.1, -0.05) is 302 Å². The van der Waals surface area contributed by atoms with Crippen LogP contribution in [-0.4, -0.2) is 34.9 Å². The third kappa shape index (κ3) is 48.0. The molecule has 0 rings (SSSR count). The van der Waals surface area contributed by atoms with Crippen molar-refractivity contribution in [3.8, 4) is 0 Å². The maximum atomic E-state index is 12.4. The molecule has 3 N–H and O–H groups in total. The maximum Gasteiger partial charge on any atom is 0.220 e. The average molecular weight is 832 g/mol. The Bertz CT molecular complexity index is 814. The number of aliphatic hydroxyl groups is 2. The van der Waals surface area contributed by atoms with Crippen molar-refractivity contribution >= 4 is 5.91 Å². The molecule has 0 aromatic carbocycles. The van der Waals surface area contributed by atoms with E-state index in [0.717, 1.165) is 25.7 Å². The fourth-order valence-corrected chi connectivity index (χ4v) is 8.83. The molecule has 0 heterocycles. The Hall–Kier alpha value is -0.870. The van der Waals surface area contributed by atoms with Crippen LogP contribution >= 0.6 is 0 Å². The summed E-state index contributed by atoms with van der Waals surface area (Å²) < 4.78 is 0. The SMILES string of the molecule is CCCCCCCCCCCCCC/C=C/[C@@H](O)[C@H](CO)NC(=O)CCCCCCCCCCCCCCCCCCCCCCCCCCCCCCCCCCC. The zero-order valence-corrected chi connectivity index (χ0v) is 40.6. The Balaban J connectivity index is 3.38. The number of amides is 1. The molecule has 4 heteroatoms. The summed E-state index contributed by atoms with van der Waals surface area (Å²) in [6.07, 6.45) is 66.7. The van der Waals surface area contributed by atoms with Crippen molar-refractivity contribution in [2.24, 2.45) is 0 Å². The van der Waals surface area contributed by atoms with Crippen LogP contribution in [0.2, 0.25) is 0 Å². The number of hydrogen-bond acceptors (Lipinski definition) is 3. The second kappa shape index (κ2) is 51.5. The largest absolute Gasteiger partial charge is 0.394 e. The first-order chi connectivity index (χ1) is 29.2. The zero-order valence-electron chi connectivity index (χ0n) is 40.6. The molecular formula is C55H109NO3. The van der Waals surface area contributed by atoms with E-state index in [2.05, 4.69) is 19.2 Å². The molecule has 0 saturated heterocycles. The number of allylic oxidation sites excluding steroid dienone is 1. The predicted molar refractivity (Wildman–Crippen MR) is 263 cm³/mol. The summed E-state index contributed by atoms with van der Waals surface area (Å²) in [5, 5.41) is 23.1. The van der Waals surface area contributed by atoms with Crippen LogP contribution < -0.4 is 5.32 Å². The van der Waals surface area contributed by atoms with Gasteiger partial charge in [0.2, 0.25) is 5.91 Å². The van der Waals surface area contributed by atoms with Gasteiger partial charge in [0.25, 0.3) is 0 Å². The van der Waals surface area contributed by atoms with Crippen molar-refractivity contribution in [2.45, 2.75) is 328 Å². The summed E-state index contributed by atoms with van der Waals surface area (Å²) in [5.74, 6) is -0.0572. The molecule has 0 aromatic heterocycles. The quantitative estimate of drug-likeness (QED) is 0.0422. The molecule has 4 nitrogen and oxygen atoms in total. The lowest BCUT2D eigenvalue weighted by molar-refractivity contribution is -0.123. The Morgan fingerprint density at radius 3 is 0.881 bits per heavy atom. The van der Waals surface area contributed by atoms with Crippen LogP contribution in [0.25, 0.3) is 0 Å². The Morgan fingerprint density at radius 1 is 0.390 bits per heavy atom. The van der Waals surface area contributed by atoms with Crippen molar-refractivity contribution < 1.29 is 15.0 Å². The van der Waals surface area contributed by atoms with Gasteiger partial charge in [-0.3, -0.25) is 4.79 Å². The number of rotatable bonds is 51. The van der Waals surface area contributed by atoms with Gasteiger partial charge in [-0.2, -0.15) is 0 Å². The summed E-state index contributed by atoms with van der Waals surface area (Å²) >= 11 is 0. The summed E-state index contributed by atoms with van der Waals surface area (Å²) in [6, 6.07) is -0.617. The molecule has 0 radical (unpaired) electrons. The maximum absolute atomic E-state index is 12.4. The van der Waals surface area contributed by atoms with Crippen LogP contribution in [0.4, 0.5) is 0 Å². The van der Waals surface area contributed by atoms with Crippen LogP contribution in [0.15, 0.2) is 12.2 Å². The van der Waals surface area contributed by atoms with Crippen molar-refractivity contribution in [1.82, 2.24) is 5.32 Å². The molecule has 0 aliphatic rings. The van der Waals surface area contributed by atoms with E-state index < -0.39 is 12.1 Å². The number of aliphatic hydroxyl groups excluding tert-OH is 2. The van der Waals surface area contributed by atoms with Gasteiger partial charge in [-0.05, 0) is 19.3 Å². The van der Waals surface area contributed by atoms with Crippen LogP contribution in [-0.2, 0) is 4.79 Å². The monoisotopic (exact) mass is 832 g/mol. The van der Waals surface area contributed by atoms with Gasteiger partial charge in [0.05, 0.1) is 18.8 Å². The molecule has 59 heavy (non-hydrogen) atoms. The van der Waals surface area contributed by atoms with E-state index in [4.69, 9.17) is 0 Å². The minimum Gasteiger partial charge on any atom is -0.394 e. The topological polar surface area (TPSA) is 69.6 Å². The van der Waals surface area contributed by atoms with E-state index in [1.54, 1.807) is 6.08 Å². The molecule has 0 bridgehead atoms. The minimum atomic E-state index is -0.834. The molecule has 0 unspecified atom stereocenters. The predicted octanol–water partition coefficient (Wildman–Crippen LogP) is 17.8. The highest BCUT2D eigenvalue weighted by Gasteiger charge is 2.18. The molecular weight excluding hydrogens is 723 g/mol. The second-order valence-corrected chi connectivity index (χ2v) is 19.0. The Labute approximate surface area is 371 Å². The highest BCUT2D eigenvalue weighted by molar-refractivity contribution is 5.76.